The number of para-hydroxylation sites is 2. The Morgan fingerprint density at radius 2 is 1.94 bits per heavy atom. The number of aliphatic hydroxyl groups is 1. The summed E-state index contributed by atoms with van der Waals surface area (Å²) in [4.78, 5) is 21.7. The van der Waals surface area contributed by atoms with Crippen LogP contribution < -0.4 is 15.6 Å². The Balaban J connectivity index is 1.93. The number of pyridine rings is 1. The average Bonchev–Trinajstić information content (AvgIpc) is 2.84. The molecule has 0 unspecified atom stereocenters. The molecule has 180 valence electrons. The van der Waals surface area contributed by atoms with Gasteiger partial charge < -0.3 is 19.6 Å². The van der Waals surface area contributed by atoms with E-state index < -0.39 is 17.6 Å². The molecule has 2 aromatic carbocycles. The summed E-state index contributed by atoms with van der Waals surface area (Å²) in [6.45, 7) is 1.30. The fraction of sp³-hybridized carbons (Fsp3) is 0.160. The Labute approximate surface area is 197 Å². The number of halogens is 3. The highest BCUT2D eigenvalue weighted by atomic mass is 19.4. The Morgan fingerprint density at radius 1 is 1.17 bits per heavy atom. The number of methoxy groups -OCH3 is 1. The Kier molecular flexibility index (Phi) is 6.57. The topological polar surface area (TPSA) is 97.0 Å². The zero-order valence-electron chi connectivity index (χ0n) is 18.7. The highest BCUT2D eigenvalue weighted by molar-refractivity contribution is 6.06. The molecule has 2 N–H and O–H groups in total. The van der Waals surface area contributed by atoms with Gasteiger partial charge in [0.1, 0.15) is 11.3 Å². The number of hydrogen-bond donors (Lipinski definition) is 2. The van der Waals surface area contributed by atoms with Gasteiger partial charge >= 0.3 is 6.18 Å². The predicted molar refractivity (Wildman–Crippen MR) is 122 cm³/mol. The molecule has 0 atom stereocenters. The van der Waals surface area contributed by atoms with Gasteiger partial charge in [0.15, 0.2) is 5.58 Å². The molecule has 0 saturated carbocycles. The lowest BCUT2D eigenvalue weighted by Gasteiger charge is -2.12. The number of fused-ring (bicyclic) bond motifs is 1. The van der Waals surface area contributed by atoms with Crippen LogP contribution in [-0.4, -0.2) is 23.1 Å². The molecule has 4 aromatic rings. The second-order valence-corrected chi connectivity index (χ2v) is 7.55. The molecule has 7 nitrogen and oxygen atoms in total. The van der Waals surface area contributed by atoms with Crippen molar-refractivity contribution >= 4 is 28.3 Å². The van der Waals surface area contributed by atoms with Crippen LogP contribution in [0.2, 0.25) is 0 Å². The minimum absolute atomic E-state index is 0.0545. The molecule has 0 aliphatic heterocycles. The predicted octanol–water partition coefficient (Wildman–Crippen LogP) is 5.14. The van der Waals surface area contributed by atoms with Crippen molar-refractivity contribution in [2.75, 3.05) is 12.4 Å². The van der Waals surface area contributed by atoms with Crippen molar-refractivity contribution < 1.29 is 32.2 Å². The van der Waals surface area contributed by atoms with Crippen molar-refractivity contribution in [3.05, 3.63) is 88.7 Å². The molecular formula is C25H20F3N3O4. The maximum atomic E-state index is 13.3. The molecule has 0 bridgehead atoms. The molecule has 0 spiro atoms. The van der Waals surface area contributed by atoms with Gasteiger partial charge in [-0.25, -0.2) is 4.99 Å². The fourth-order valence-electron chi connectivity index (χ4n) is 3.47. The lowest BCUT2D eigenvalue weighted by Crippen LogP contribution is -2.22. The van der Waals surface area contributed by atoms with E-state index in [1.165, 1.54) is 31.5 Å². The van der Waals surface area contributed by atoms with E-state index in [1.807, 2.05) is 0 Å². The first kappa shape index (κ1) is 24.0. The molecule has 2 aromatic heterocycles. The van der Waals surface area contributed by atoms with Crippen LogP contribution in [0, 0.1) is 6.92 Å². The summed E-state index contributed by atoms with van der Waals surface area (Å²) in [5, 5.41) is 12.9. The summed E-state index contributed by atoms with van der Waals surface area (Å²) >= 11 is 0. The van der Waals surface area contributed by atoms with Crippen molar-refractivity contribution in [3.8, 4) is 5.75 Å². The molecule has 1 amide bonds. The van der Waals surface area contributed by atoms with Gasteiger partial charge in [-0.3, -0.25) is 9.78 Å². The van der Waals surface area contributed by atoms with E-state index in [1.54, 1.807) is 31.2 Å². The third-order valence-electron chi connectivity index (χ3n) is 5.23. The number of benzene rings is 2. The fourth-order valence-corrected chi connectivity index (χ4v) is 3.47. The van der Waals surface area contributed by atoms with Crippen molar-refractivity contribution in [1.82, 2.24) is 4.98 Å². The number of rotatable bonds is 5. The van der Waals surface area contributed by atoms with E-state index >= 15 is 0 Å². The quantitative estimate of drug-likeness (QED) is 0.410. The number of nitrogens with one attached hydrogen (secondary N) is 1. The lowest BCUT2D eigenvalue weighted by atomic mass is 10.1. The maximum absolute atomic E-state index is 13.3. The minimum atomic E-state index is -4.56. The number of ether oxygens (including phenoxy) is 1. The second-order valence-electron chi connectivity index (χ2n) is 7.55. The zero-order valence-corrected chi connectivity index (χ0v) is 18.7. The normalized spacial score (nSPS) is 12.1. The third-order valence-corrected chi connectivity index (χ3v) is 5.23. The van der Waals surface area contributed by atoms with Crippen LogP contribution in [0.5, 0.6) is 5.75 Å². The number of anilines is 1. The van der Waals surface area contributed by atoms with Gasteiger partial charge in [-0.2, -0.15) is 13.2 Å². The number of carbonyl (C=O) groups is 1. The van der Waals surface area contributed by atoms with Gasteiger partial charge in [0.25, 0.3) is 5.91 Å². The summed E-state index contributed by atoms with van der Waals surface area (Å²) in [5.74, 6) is -0.227. The molecule has 0 saturated heterocycles. The molecular weight excluding hydrogens is 463 g/mol. The van der Waals surface area contributed by atoms with Crippen molar-refractivity contribution in [2.24, 2.45) is 4.99 Å². The molecule has 35 heavy (non-hydrogen) atoms. The summed E-state index contributed by atoms with van der Waals surface area (Å²) < 4.78 is 50.8. The number of aryl methyl sites for hydroxylation is 1. The Hall–Kier alpha value is -4.18. The van der Waals surface area contributed by atoms with Crippen LogP contribution in [0.4, 0.5) is 24.5 Å². The molecule has 10 heteroatoms. The van der Waals surface area contributed by atoms with E-state index in [2.05, 4.69) is 15.3 Å². The van der Waals surface area contributed by atoms with Crippen LogP contribution in [-0.2, 0) is 12.8 Å². The SMILES string of the molecule is COc1ccccc1NC(=O)c1cc2c(CO)cnc(C)c2oc1=Nc1cccc(C(F)(F)F)c1. The number of nitrogens with zero attached hydrogens (tertiary/aromatic N) is 2. The van der Waals surface area contributed by atoms with E-state index in [9.17, 15) is 23.1 Å². The van der Waals surface area contributed by atoms with E-state index in [-0.39, 0.29) is 29.0 Å². The summed E-state index contributed by atoms with van der Waals surface area (Å²) in [5.41, 5.74) is 0.263. The van der Waals surface area contributed by atoms with Crippen molar-refractivity contribution in [2.45, 2.75) is 19.7 Å². The monoisotopic (exact) mass is 483 g/mol. The first-order chi connectivity index (χ1) is 16.7. The number of aromatic nitrogens is 1. The third kappa shape index (κ3) is 5.02. The van der Waals surface area contributed by atoms with Gasteiger partial charge in [0.2, 0.25) is 5.55 Å². The lowest BCUT2D eigenvalue weighted by molar-refractivity contribution is -0.137. The smallest absolute Gasteiger partial charge is 0.416 e. The van der Waals surface area contributed by atoms with Crippen LogP contribution in [0.15, 0.2) is 70.2 Å². The molecule has 4 rings (SSSR count). The Morgan fingerprint density at radius 3 is 2.66 bits per heavy atom. The van der Waals surface area contributed by atoms with E-state index in [4.69, 9.17) is 9.15 Å². The van der Waals surface area contributed by atoms with Gasteiger partial charge in [-0.05, 0) is 43.3 Å². The Bertz CT molecular complexity index is 1480. The first-order valence-electron chi connectivity index (χ1n) is 10.4. The maximum Gasteiger partial charge on any atom is 0.416 e. The largest absolute Gasteiger partial charge is 0.495 e. The van der Waals surface area contributed by atoms with Crippen molar-refractivity contribution in [1.29, 1.82) is 0 Å². The van der Waals surface area contributed by atoms with Gasteiger partial charge in [0.05, 0.1) is 36.3 Å². The van der Waals surface area contributed by atoms with Crippen LogP contribution in [0.3, 0.4) is 0 Å². The number of amides is 1. The first-order valence-corrected chi connectivity index (χ1v) is 10.4. The molecule has 0 radical (unpaired) electrons. The van der Waals surface area contributed by atoms with E-state index in [0.29, 0.717) is 28.1 Å². The van der Waals surface area contributed by atoms with Gasteiger partial charge in [-0.15, -0.1) is 0 Å². The van der Waals surface area contributed by atoms with Gasteiger partial charge in [0, 0.05) is 17.1 Å². The van der Waals surface area contributed by atoms with E-state index in [0.717, 1.165) is 12.1 Å². The number of carbonyl (C=O) groups excluding carboxylic acids is 1. The molecule has 0 aliphatic carbocycles. The van der Waals surface area contributed by atoms with Gasteiger partial charge in [-0.1, -0.05) is 18.2 Å². The highest BCUT2D eigenvalue weighted by Crippen LogP contribution is 2.31. The number of aliphatic hydroxyl groups excluding tert-OH is 1. The number of alkyl halides is 3. The van der Waals surface area contributed by atoms with Crippen LogP contribution >= 0.6 is 0 Å². The van der Waals surface area contributed by atoms with Crippen molar-refractivity contribution in [3.63, 3.8) is 0 Å². The standard InChI is InChI=1S/C25H20F3N3O4/c1-14-22-18(15(13-32)12-29-14)11-19(23(33)31-20-8-3-4-9-21(20)34-2)24(35-22)30-17-7-5-6-16(10-17)25(26,27)28/h3-12,32H,13H2,1-2H3,(H,31,33). The second kappa shape index (κ2) is 9.59. The summed E-state index contributed by atoms with van der Waals surface area (Å²) in [6.07, 6.45) is -3.11. The minimum Gasteiger partial charge on any atom is -0.495 e. The van der Waals surface area contributed by atoms with Crippen LogP contribution in [0.1, 0.15) is 27.2 Å². The van der Waals surface area contributed by atoms with Crippen LogP contribution in [0.25, 0.3) is 11.0 Å². The number of hydrogen-bond acceptors (Lipinski definition) is 6. The highest BCUT2D eigenvalue weighted by Gasteiger charge is 2.30. The average molecular weight is 483 g/mol. The molecule has 2 heterocycles. The summed E-state index contributed by atoms with van der Waals surface area (Å²) in [7, 11) is 1.45. The summed E-state index contributed by atoms with van der Waals surface area (Å²) in [6, 6.07) is 12.6. The molecule has 0 aliphatic rings. The molecule has 0 fully saturated rings. The zero-order chi connectivity index (χ0) is 25.2.